The van der Waals surface area contributed by atoms with Crippen LogP contribution < -0.4 is 21.3 Å². The number of benzene rings is 1. The number of aryl methyl sites for hydroxylation is 1. The van der Waals surface area contributed by atoms with Crippen molar-refractivity contribution in [3.05, 3.63) is 48.2 Å². The minimum Gasteiger partial charge on any atom is -0.369 e. The summed E-state index contributed by atoms with van der Waals surface area (Å²) in [6.45, 7) is 3.42. The molecule has 0 aliphatic carbocycles. The first kappa shape index (κ1) is 17.7. The third-order valence-corrected chi connectivity index (χ3v) is 4.46. The minimum atomic E-state index is -0.324. The van der Waals surface area contributed by atoms with Crippen molar-refractivity contribution in [2.24, 2.45) is 11.7 Å². The van der Waals surface area contributed by atoms with E-state index in [0.29, 0.717) is 12.2 Å². The van der Waals surface area contributed by atoms with Crippen molar-refractivity contribution in [2.75, 3.05) is 28.6 Å². The van der Waals surface area contributed by atoms with Gasteiger partial charge in [-0.05, 0) is 44.0 Å². The predicted molar refractivity (Wildman–Crippen MR) is 102 cm³/mol. The molecule has 0 radical (unpaired) electrons. The van der Waals surface area contributed by atoms with Gasteiger partial charge in [-0.3, -0.25) is 4.79 Å². The van der Waals surface area contributed by atoms with Crippen LogP contribution in [0.3, 0.4) is 0 Å². The van der Waals surface area contributed by atoms with Crippen molar-refractivity contribution in [1.29, 1.82) is 0 Å². The third kappa shape index (κ3) is 4.50. The largest absolute Gasteiger partial charge is 0.369 e. The Balaban J connectivity index is 1.58. The summed E-state index contributed by atoms with van der Waals surface area (Å²) >= 11 is 0. The van der Waals surface area contributed by atoms with Gasteiger partial charge in [-0.1, -0.05) is 17.7 Å². The van der Waals surface area contributed by atoms with Gasteiger partial charge in [0.1, 0.15) is 5.82 Å². The number of carbonyl (C=O) groups is 2. The molecule has 1 aromatic carbocycles. The fourth-order valence-electron chi connectivity index (χ4n) is 2.99. The van der Waals surface area contributed by atoms with E-state index in [9.17, 15) is 9.59 Å². The molecule has 1 saturated heterocycles. The standard InChI is InChI=1S/C19H23N5O2/c1-13-4-6-15(7-5-13)22-19(26)23-16-8-9-17(21-11-16)24-10-2-3-14(12-24)18(20)25/h4-9,11,14H,2-3,10,12H2,1H3,(H2,20,25)(H2,22,23,26)/t14-/m0/s1. The molecule has 7 heteroatoms. The fourth-order valence-corrected chi connectivity index (χ4v) is 2.99. The van der Waals surface area contributed by atoms with Crippen LogP contribution in [0.2, 0.25) is 0 Å². The lowest BCUT2D eigenvalue weighted by molar-refractivity contribution is -0.122. The average Bonchev–Trinajstić information content (AvgIpc) is 2.64. The number of aromatic nitrogens is 1. The van der Waals surface area contributed by atoms with E-state index in [2.05, 4.69) is 20.5 Å². The van der Waals surface area contributed by atoms with Gasteiger partial charge in [-0.25, -0.2) is 9.78 Å². The highest BCUT2D eigenvalue weighted by molar-refractivity contribution is 5.99. The van der Waals surface area contributed by atoms with E-state index in [1.807, 2.05) is 37.3 Å². The first-order valence-electron chi connectivity index (χ1n) is 8.66. The molecule has 1 aliphatic heterocycles. The second kappa shape index (κ2) is 7.86. The van der Waals surface area contributed by atoms with Crippen LogP contribution in [-0.4, -0.2) is 30.0 Å². The molecule has 1 aromatic heterocycles. The zero-order valence-electron chi connectivity index (χ0n) is 14.7. The first-order valence-corrected chi connectivity index (χ1v) is 8.66. The second-order valence-electron chi connectivity index (χ2n) is 6.54. The maximum atomic E-state index is 12.1. The Labute approximate surface area is 152 Å². The van der Waals surface area contributed by atoms with Crippen LogP contribution >= 0.6 is 0 Å². The number of piperidine rings is 1. The number of nitrogens with zero attached hydrogens (tertiary/aromatic N) is 2. The highest BCUT2D eigenvalue weighted by Gasteiger charge is 2.24. The summed E-state index contributed by atoms with van der Waals surface area (Å²) in [5.74, 6) is 0.379. The molecule has 0 unspecified atom stereocenters. The Kier molecular flexibility index (Phi) is 5.36. The van der Waals surface area contributed by atoms with Gasteiger partial charge in [0, 0.05) is 18.8 Å². The van der Waals surface area contributed by atoms with E-state index >= 15 is 0 Å². The van der Waals surface area contributed by atoms with Crippen LogP contribution in [0.25, 0.3) is 0 Å². The van der Waals surface area contributed by atoms with Gasteiger partial charge in [0.15, 0.2) is 0 Å². The SMILES string of the molecule is Cc1ccc(NC(=O)Nc2ccc(N3CCC[C@H](C(N)=O)C3)nc2)cc1. The molecule has 1 aliphatic rings. The van der Waals surface area contributed by atoms with E-state index in [1.54, 1.807) is 12.3 Å². The first-order chi connectivity index (χ1) is 12.5. The van der Waals surface area contributed by atoms with Crippen molar-refractivity contribution in [3.63, 3.8) is 0 Å². The maximum Gasteiger partial charge on any atom is 0.323 e. The van der Waals surface area contributed by atoms with Gasteiger partial charge >= 0.3 is 6.03 Å². The summed E-state index contributed by atoms with van der Waals surface area (Å²) in [5.41, 5.74) is 7.87. The van der Waals surface area contributed by atoms with E-state index in [1.165, 1.54) is 0 Å². The van der Waals surface area contributed by atoms with Crippen molar-refractivity contribution >= 4 is 29.1 Å². The second-order valence-corrected chi connectivity index (χ2v) is 6.54. The molecule has 2 aromatic rings. The third-order valence-electron chi connectivity index (χ3n) is 4.46. The summed E-state index contributed by atoms with van der Waals surface area (Å²) in [6, 6.07) is 10.9. The van der Waals surface area contributed by atoms with Gasteiger partial charge in [0.2, 0.25) is 5.91 Å². The number of nitrogens with two attached hydrogens (primary N) is 1. The molecule has 7 nitrogen and oxygen atoms in total. The Morgan fingerprint density at radius 3 is 2.46 bits per heavy atom. The van der Waals surface area contributed by atoms with Crippen LogP contribution in [0.15, 0.2) is 42.6 Å². The number of pyridine rings is 1. The van der Waals surface area contributed by atoms with Crippen LogP contribution in [0.5, 0.6) is 0 Å². The molecule has 2 heterocycles. The molecule has 0 saturated carbocycles. The number of hydrogen-bond donors (Lipinski definition) is 3. The molecule has 3 rings (SSSR count). The Morgan fingerprint density at radius 2 is 1.81 bits per heavy atom. The topological polar surface area (TPSA) is 100 Å². The average molecular weight is 353 g/mol. The molecule has 1 atom stereocenters. The van der Waals surface area contributed by atoms with E-state index in [0.717, 1.165) is 36.5 Å². The van der Waals surface area contributed by atoms with Gasteiger partial charge in [0.05, 0.1) is 17.8 Å². The lowest BCUT2D eigenvalue weighted by Crippen LogP contribution is -2.41. The summed E-state index contributed by atoms with van der Waals surface area (Å²) in [7, 11) is 0. The maximum absolute atomic E-state index is 12.1. The number of urea groups is 1. The number of anilines is 3. The summed E-state index contributed by atoms with van der Waals surface area (Å²) in [5, 5.41) is 5.53. The highest BCUT2D eigenvalue weighted by Crippen LogP contribution is 2.22. The van der Waals surface area contributed by atoms with Gasteiger partial charge < -0.3 is 21.3 Å². The van der Waals surface area contributed by atoms with Crippen molar-refractivity contribution < 1.29 is 9.59 Å². The quantitative estimate of drug-likeness (QED) is 0.787. The molecule has 4 N–H and O–H groups in total. The van der Waals surface area contributed by atoms with Gasteiger partial charge in [-0.15, -0.1) is 0 Å². The number of carbonyl (C=O) groups excluding carboxylic acids is 2. The number of hydrogen-bond acceptors (Lipinski definition) is 4. The molecular formula is C19H23N5O2. The fraction of sp³-hybridized carbons (Fsp3) is 0.316. The molecule has 0 spiro atoms. The molecular weight excluding hydrogens is 330 g/mol. The normalized spacial score (nSPS) is 16.8. The van der Waals surface area contributed by atoms with E-state index in [4.69, 9.17) is 5.73 Å². The Bertz CT molecular complexity index is 774. The summed E-state index contributed by atoms with van der Waals surface area (Å²) in [4.78, 5) is 29.9. The van der Waals surface area contributed by atoms with E-state index in [-0.39, 0.29) is 17.9 Å². The van der Waals surface area contributed by atoms with Crippen LogP contribution in [-0.2, 0) is 4.79 Å². The van der Waals surface area contributed by atoms with E-state index < -0.39 is 0 Å². The predicted octanol–water partition coefficient (Wildman–Crippen LogP) is 2.74. The molecule has 1 fully saturated rings. The van der Waals surface area contributed by atoms with Crippen molar-refractivity contribution in [1.82, 2.24) is 4.98 Å². The summed E-state index contributed by atoms with van der Waals surface area (Å²) in [6.07, 6.45) is 3.34. The summed E-state index contributed by atoms with van der Waals surface area (Å²) < 4.78 is 0. The minimum absolute atomic E-state index is 0.136. The number of amides is 3. The number of rotatable bonds is 4. The molecule has 0 bridgehead atoms. The Hall–Kier alpha value is -3.09. The smallest absolute Gasteiger partial charge is 0.323 e. The zero-order valence-corrected chi connectivity index (χ0v) is 14.7. The Morgan fingerprint density at radius 1 is 1.12 bits per heavy atom. The van der Waals surface area contributed by atoms with Crippen LogP contribution in [0, 0.1) is 12.8 Å². The molecule has 26 heavy (non-hydrogen) atoms. The number of primary amides is 1. The number of nitrogens with one attached hydrogen (secondary N) is 2. The lowest BCUT2D eigenvalue weighted by Gasteiger charge is -2.32. The highest BCUT2D eigenvalue weighted by atomic mass is 16.2. The monoisotopic (exact) mass is 353 g/mol. The molecule has 136 valence electrons. The van der Waals surface area contributed by atoms with Crippen LogP contribution in [0.4, 0.5) is 22.0 Å². The zero-order chi connectivity index (χ0) is 18.5. The van der Waals surface area contributed by atoms with Crippen LogP contribution in [0.1, 0.15) is 18.4 Å². The van der Waals surface area contributed by atoms with Gasteiger partial charge in [0.25, 0.3) is 0 Å². The molecule has 3 amide bonds. The lowest BCUT2D eigenvalue weighted by atomic mass is 9.97. The van der Waals surface area contributed by atoms with Crippen molar-refractivity contribution in [2.45, 2.75) is 19.8 Å². The van der Waals surface area contributed by atoms with Gasteiger partial charge in [-0.2, -0.15) is 0 Å². The van der Waals surface area contributed by atoms with Crippen molar-refractivity contribution in [3.8, 4) is 0 Å².